The number of hydrogen-bond donors (Lipinski definition) is 2. The van der Waals surface area contributed by atoms with Gasteiger partial charge in [0.15, 0.2) is 0 Å². The van der Waals surface area contributed by atoms with Gasteiger partial charge in [-0.05, 0) is 13.3 Å². The Morgan fingerprint density at radius 3 is 2.39 bits per heavy atom. The van der Waals surface area contributed by atoms with Crippen molar-refractivity contribution in [2.24, 2.45) is 17.4 Å². The molecule has 6 nitrogen and oxygen atoms in total. The monoisotopic (exact) mass is 256 g/mol. The summed E-state index contributed by atoms with van der Waals surface area (Å²) in [4.78, 5) is 26.9. The van der Waals surface area contributed by atoms with Crippen LogP contribution in [0.25, 0.3) is 0 Å². The molecule has 2 unspecified atom stereocenters. The van der Waals surface area contributed by atoms with E-state index in [-0.39, 0.29) is 30.3 Å². The first kappa shape index (κ1) is 14.9. The molecule has 1 aliphatic rings. The van der Waals surface area contributed by atoms with Crippen LogP contribution in [0.2, 0.25) is 0 Å². The van der Waals surface area contributed by atoms with Crippen LogP contribution in [-0.4, -0.2) is 60.4 Å². The van der Waals surface area contributed by atoms with Gasteiger partial charge >= 0.3 is 0 Å². The Morgan fingerprint density at radius 2 is 1.83 bits per heavy atom. The third-order valence-corrected chi connectivity index (χ3v) is 3.46. The SMILES string of the molecule is CC(N)C(C)C(=O)N1CCCN(CC(N)=O)CC1. The minimum atomic E-state index is -0.321. The summed E-state index contributed by atoms with van der Waals surface area (Å²) in [7, 11) is 0. The van der Waals surface area contributed by atoms with E-state index in [4.69, 9.17) is 11.5 Å². The zero-order chi connectivity index (χ0) is 13.7. The molecule has 2 atom stereocenters. The summed E-state index contributed by atoms with van der Waals surface area (Å²) in [5.74, 6) is -0.377. The predicted octanol–water partition coefficient (Wildman–Crippen LogP) is -1.01. The van der Waals surface area contributed by atoms with Gasteiger partial charge in [0.05, 0.1) is 12.5 Å². The van der Waals surface area contributed by atoms with Crippen molar-refractivity contribution in [1.82, 2.24) is 9.80 Å². The molecular formula is C12H24N4O2. The van der Waals surface area contributed by atoms with Crippen molar-refractivity contribution in [3.63, 3.8) is 0 Å². The maximum absolute atomic E-state index is 12.2. The van der Waals surface area contributed by atoms with E-state index in [0.717, 1.165) is 19.5 Å². The van der Waals surface area contributed by atoms with Gasteiger partial charge in [-0.15, -0.1) is 0 Å². The molecular weight excluding hydrogens is 232 g/mol. The average Bonchev–Trinajstić information content (AvgIpc) is 2.51. The molecule has 0 radical (unpaired) electrons. The van der Waals surface area contributed by atoms with E-state index in [1.54, 1.807) is 0 Å². The largest absolute Gasteiger partial charge is 0.369 e. The molecule has 1 fully saturated rings. The molecule has 0 bridgehead atoms. The molecule has 1 aliphatic heterocycles. The lowest BCUT2D eigenvalue weighted by molar-refractivity contribution is -0.135. The van der Waals surface area contributed by atoms with Crippen molar-refractivity contribution in [1.29, 1.82) is 0 Å². The molecule has 4 N–H and O–H groups in total. The summed E-state index contributed by atoms with van der Waals surface area (Å²) in [5.41, 5.74) is 10.9. The number of carbonyl (C=O) groups excluding carboxylic acids is 2. The highest BCUT2D eigenvalue weighted by molar-refractivity contribution is 5.79. The summed E-state index contributed by atoms with van der Waals surface area (Å²) in [5, 5.41) is 0. The van der Waals surface area contributed by atoms with E-state index in [2.05, 4.69) is 0 Å². The Balaban J connectivity index is 2.51. The van der Waals surface area contributed by atoms with E-state index in [9.17, 15) is 9.59 Å². The van der Waals surface area contributed by atoms with Gasteiger partial charge in [0.2, 0.25) is 11.8 Å². The normalized spacial score (nSPS) is 21.2. The van der Waals surface area contributed by atoms with Gasteiger partial charge in [0, 0.05) is 32.2 Å². The van der Waals surface area contributed by atoms with Crippen LogP contribution >= 0.6 is 0 Å². The van der Waals surface area contributed by atoms with Gasteiger partial charge in [0.25, 0.3) is 0 Å². The summed E-state index contributed by atoms with van der Waals surface area (Å²) in [6, 6.07) is -0.137. The number of nitrogens with two attached hydrogens (primary N) is 2. The van der Waals surface area contributed by atoms with Gasteiger partial charge in [-0.3, -0.25) is 14.5 Å². The third kappa shape index (κ3) is 4.27. The molecule has 0 aromatic rings. The lowest BCUT2D eigenvalue weighted by atomic mass is 10.0. The van der Waals surface area contributed by atoms with Gasteiger partial charge in [-0.2, -0.15) is 0 Å². The number of nitrogens with zero attached hydrogens (tertiary/aromatic N) is 2. The molecule has 104 valence electrons. The highest BCUT2D eigenvalue weighted by Gasteiger charge is 2.25. The van der Waals surface area contributed by atoms with Gasteiger partial charge < -0.3 is 16.4 Å². The fourth-order valence-electron chi connectivity index (χ4n) is 2.08. The van der Waals surface area contributed by atoms with Crippen molar-refractivity contribution in [3.05, 3.63) is 0 Å². The molecule has 1 heterocycles. The van der Waals surface area contributed by atoms with E-state index in [1.807, 2.05) is 23.6 Å². The van der Waals surface area contributed by atoms with Crippen molar-refractivity contribution in [2.45, 2.75) is 26.3 Å². The Bertz CT molecular complexity index is 306. The number of rotatable bonds is 4. The molecule has 18 heavy (non-hydrogen) atoms. The first-order valence-electron chi connectivity index (χ1n) is 6.47. The predicted molar refractivity (Wildman–Crippen MR) is 69.6 cm³/mol. The molecule has 2 amide bonds. The van der Waals surface area contributed by atoms with Crippen molar-refractivity contribution in [2.75, 3.05) is 32.7 Å². The Kier molecular flexibility index (Phi) is 5.55. The first-order chi connectivity index (χ1) is 8.41. The summed E-state index contributed by atoms with van der Waals surface area (Å²) >= 11 is 0. The smallest absolute Gasteiger partial charge is 0.231 e. The summed E-state index contributed by atoms with van der Waals surface area (Å²) in [6.07, 6.45) is 0.866. The lowest BCUT2D eigenvalue weighted by Crippen LogP contribution is -2.43. The standard InChI is InChI=1S/C12H24N4O2/c1-9(10(2)13)12(18)16-5-3-4-15(6-7-16)8-11(14)17/h9-10H,3-8,13H2,1-2H3,(H2,14,17). The van der Waals surface area contributed by atoms with Gasteiger partial charge in [-0.1, -0.05) is 6.92 Å². The van der Waals surface area contributed by atoms with Gasteiger partial charge in [-0.25, -0.2) is 0 Å². The zero-order valence-corrected chi connectivity index (χ0v) is 11.3. The maximum Gasteiger partial charge on any atom is 0.231 e. The van der Waals surface area contributed by atoms with Crippen LogP contribution in [-0.2, 0) is 9.59 Å². The minimum absolute atomic E-state index is 0.103. The number of hydrogen-bond acceptors (Lipinski definition) is 4. The van der Waals surface area contributed by atoms with Crippen LogP contribution in [0.15, 0.2) is 0 Å². The van der Waals surface area contributed by atoms with E-state index in [1.165, 1.54) is 0 Å². The van der Waals surface area contributed by atoms with Crippen molar-refractivity contribution < 1.29 is 9.59 Å². The van der Waals surface area contributed by atoms with Crippen LogP contribution in [0.3, 0.4) is 0 Å². The fraction of sp³-hybridized carbons (Fsp3) is 0.833. The second-order valence-electron chi connectivity index (χ2n) is 5.07. The molecule has 6 heteroatoms. The minimum Gasteiger partial charge on any atom is -0.369 e. The first-order valence-corrected chi connectivity index (χ1v) is 6.47. The van der Waals surface area contributed by atoms with Crippen LogP contribution in [0.4, 0.5) is 0 Å². The topological polar surface area (TPSA) is 92.7 Å². The van der Waals surface area contributed by atoms with Crippen LogP contribution in [0.1, 0.15) is 20.3 Å². The Labute approximate surface area is 108 Å². The van der Waals surface area contributed by atoms with Crippen molar-refractivity contribution in [3.8, 4) is 0 Å². The second-order valence-corrected chi connectivity index (χ2v) is 5.07. The van der Waals surface area contributed by atoms with Gasteiger partial charge in [0.1, 0.15) is 0 Å². The van der Waals surface area contributed by atoms with Crippen molar-refractivity contribution >= 4 is 11.8 Å². The zero-order valence-electron chi connectivity index (χ0n) is 11.3. The Hall–Kier alpha value is -1.14. The van der Waals surface area contributed by atoms with Crippen LogP contribution < -0.4 is 11.5 Å². The lowest BCUT2D eigenvalue weighted by Gasteiger charge is -2.26. The average molecular weight is 256 g/mol. The summed E-state index contributed by atoms with van der Waals surface area (Å²) in [6.45, 7) is 6.84. The van der Waals surface area contributed by atoms with E-state index < -0.39 is 0 Å². The molecule has 0 saturated carbocycles. The molecule has 0 aliphatic carbocycles. The Morgan fingerprint density at radius 1 is 1.17 bits per heavy atom. The van der Waals surface area contributed by atoms with E-state index >= 15 is 0 Å². The molecule has 0 spiro atoms. The highest BCUT2D eigenvalue weighted by Crippen LogP contribution is 2.10. The maximum atomic E-state index is 12.2. The number of carbonyl (C=O) groups is 2. The van der Waals surface area contributed by atoms with Crippen LogP contribution in [0, 0.1) is 5.92 Å². The fourth-order valence-corrected chi connectivity index (χ4v) is 2.08. The number of primary amides is 1. The van der Waals surface area contributed by atoms with Crippen LogP contribution in [0.5, 0.6) is 0 Å². The summed E-state index contributed by atoms with van der Waals surface area (Å²) < 4.78 is 0. The quantitative estimate of drug-likeness (QED) is 0.674. The highest BCUT2D eigenvalue weighted by atomic mass is 16.2. The molecule has 1 rings (SSSR count). The number of amides is 2. The molecule has 0 aromatic carbocycles. The molecule has 1 saturated heterocycles. The third-order valence-electron chi connectivity index (χ3n) is 3.46. The van der Waals surface area contributed by atoms with E-state index in [0.29, 0.717) is 13.1 Å². The molecule has 0 aromatic heterocycles. The second kappa shape index (κ2) is 6.70.